The lowest BCUT2D eigenvalue weighted by Gasteiger charge is -2.55. The van der Waals surface area contributed by atoms with Gasteiger partial charge in [-0.3, -0.25) is 0 Å². The summed E-state index contributed by atoms with van der Waals surface area (Å²) in [7, 11) is 0. The van der Waals surface area contributed by atoms with E-state index in [9.17, 15) is 0 Å². The number of hydrogen-bond donors (Lipinski definition) is 0. The van der Waals surface area contributed by atoms with Gasteiger partial charge in [0.2, 0.25) is 6.15 Å². The highest BCUT2D eigenvalue weighted by Gasteiger charge is 2.63. The molecule has 0 heterocycles. The molecule has 0 aliphatic heterocycles. The SMILES string of the molecule is [CH2+][B-](C1CCCCC1)(C1C(C)CC2C(c3ccccc3)CCCC21)C1C(C)CC2C(c3ccccc3)CCCC21. The largest absolute Gasteiger partial charge is 0.203 e. The molecule has 1 heteroatoms. The monoisotopic (exact) mass is 534 g/mol. The Kier molecular flexibility index (Phi) is 7.64. The summed E-state index contributed by atoms with van der Waals surface area (Å²) in [6, 6.07) is 23.4. The molecule has 40 heavy (non-hydrogen) atoms. The molecule has 10 unspecified atom stereocenters. The first-order valence-corrected chi connectivity index (χ1v) is 17.7. The quantitative estimate of drug-likeness (QED) is 0.264. The molecule has 5 saturated carbocycles. The summed E-state index contributed by atoms with van der Waals surface area (Å²) < 4.78 is 0. The van der Waals surface area contributed by atoms with Crippen molar-refractivity contribution >= 4 is 6.15 Å². The lowest BCUT2D eigenvalue weighted by atomic mass is 9.06. The Balaban J connectivity index is 1.26. The van der Waals surface area contributed by atoms with Crippen LogP contribution in [0.3, 0.4) is 0 Å². The third kappa shape index (κ3) is 4.52. The van der Waals surface area contributed by atoms with Crippen molar-refractivity contribution in [2.24, 2.45) is 35.5 Å². The third-order valence-electron chi connectivity index (χ3n) is 14.2. The standard InChI is InChI=1S/C39H55B/c1-27-25-36-32(29-15-7-4-8-16-29)21-13-23-34(36)38(27)40(3,31-19-11-6-12-20-31)39-28(2)26-37-33(22-14-24-35(37)39)30-17-9-5-10-18-30/h4-5,7-10,15-18,27-28,31-39H,3,6,11-14,19-26H2,1-2H3. The molecule has 2 aromatic carbocycles. The first kappa shape index (κ1) is 27.2. The zero-order chi connectivity index (χ0) is 27.3. The van der Waals surface area contributed by atoms with Gasteiger partial charge in [0, 0.05) is 0 Å². The summed E-state index contributed by atoms with van der Waals surface area (Å²) in [4.78, 5) is 0. The van der Waals surface area contributed by atoms with E-state index in [2.05, 4.69) is 74.5 Å². The van der Waals surface area contributed by atoms with Crippen LogP contribution in [0.25, 0.3) is 0 Å². The van der Waals surface area contributed by atoms with Gasteiger partial charge in [-0.1, -0.05) is 156 Å². The molecule has 0 N–H and O–H groups in total. The maximum atomic E-state index is 5.70. The van der Waals surface area contributed by atoms with Crippen molar-refractivity contribution < 1.29 is 0 Å². The Bertz CT molecular complexity index is 1020. The van der Waals surface area contributed by atoms with Crippen LogP contribution in [0.4, 0.5) is 0 Å². The van der Waals surface area contributed by atoms with Gasteiger partial charge < -0.3 is 0 Å². The fourth-order valence-corrected chi connectivity index (χ4v) is 13.3. The predicted octanol–water partition coefficient (Wildman–Crippen LogP) is 11.4. The zero-order valence-electron chi connectivity index (χ0n) is 25.6. The van der Waals surface area contributed by atoms with E-state index < -0.39 is 6.15 Å². The summed E-state index contributed by atoms with van der Waals surface area (Å²) >= 11 is 0. The minimum Gasteiger partial charge on any atom is -0.133 e. The molecule has 0 spiro atoms. The number of rotatable bonds is 5. The maximum absolute atomic E-state index is 5.70. The van der Waals surface area contributed by atoms with E-state index in [1.807, 2.05) is 0 Å². The van der Waals surface area contributed by atoms with Crippen LogP contribution in [0, 0.1) is 42.3 Å². The predicted molar refractivity (Wildman–Crippen MR) is 173 cm³/mol. The van der Waals surface area contributed by atoms with E-state index in [1.54, 1.807) is 11.1 Å². The first-order chi connectivity index (χ1) is 19.6. The Morgan fingerprint density at radius 3 is 1.43 bits per heavy atom. The van der Waals surface area contributed by atoms with Gasteiger partial charge in [0.1, 0.15) is 0 Å². The Labute approximate surface area is 246 Å². The molecule has 0 nitrogen and oxygen atoms in total. The van der Waals surface area contributed by atoms with Gasteiger partial charge in [-0.25, -0.2) is 0 Å². The highest BCUT2D eigenvalue weighted by Crippen LogP contribution is 2.70. The molecule has 0 bridgehead atoms. The molecule has 5 aliphatic carbocycles. The van der Waals surface area contributed by atoms with Crippen LogP contribution in [-0.2, 0) is 0 Å². The highest BCUT2D eigenvalue weighted by molar-refractivity contribution is 6.86. The van der Waals surface area contributed by atoms with E-state index in [4.69, 9.17) is 6.82 Å². The Hall–Kier alpha value is -1.63. The van der Waals surface area contributed by atoms with Gasteiger partial charge in [0.05, 0.1) is 0 Å². The summed E-state index contributed by atoms with van der Waals surface area (Å²) in [5.41, 5.74) is 3.27. The van der Waals surface area contributed by atoms with Crippen LogP contribution in [0.2, 0.25) is 17.5 Å². The fraction of sp³-hybridized carbons (Fsp3) is 0.667. The minimum atomic E-state index is -0.684. The van der Waals surface area contributed by atoms with Gasteiger partial charge in [-0.05, 0) is 60.5 Å². The van der Waals surface area contributed by atoms with Crippen LogP contribution >= 0.6 is 0 Å². The average Bonchev–Trinajstić information content (AvgIpc) is 3.54. The van der Waals surface area contributed by atoms with Gasteiger partial charge in [0.25, 0.3) is 0 Å². The first-order valence-electron chi connectivity index (χ1n) is 17.7. The van der Waals surface area contributed by atoms with E-state index in [1.165, 1.54) is 83.5 Å². The summed E-state index contributed by atoms with van der Waals surface area (Å²) in [5.74, 6) is 9.51. The molecule has 0 amide bonds. The third-order valence-corrected chi connectivity index (χ3v) is 14.2. The lowest BCUT2D eigenvalue weighted by molar-refractivity contribution is 0.224. The Morgan fingerprint density at radius 2 is 0.975 bits per heavy atom. The zero-order valence-corrected chi connectivity index (χ0v) is 25.6. The van der Waals surface area contributed by atoms with E-state index in [0.717, 1.165) is 64.8 Å². The van der Waals surface area contributed by atoms with Gasteiger partial charge in [-0.2, -0.15) is 0 Å². The van der Waals surface area contributed by atoms with Crippen molar-refractivity contribution in [3.8, 4) is 0 Å². The summed E-state index contributed by atoms with van der Waals surface area (Å²) in [6.07, 6.45) is 18.3. The highest BCUT2D eigenvalue weighted by atomic mass is 14.6. The Morgan fingerprint density at radius 1 is 0.525 bits per heavy atom. The van der Waals surface area contributed by atoms with Crippen molar-refractivity contribution in [3.05, 3.63) is 78.6 Å². The minimum absolute atomic E-state index is 0.684. The fourth-order valence-electron chi connectivity index (χ4n) is 13.3. The molecule has 7 rings (SSSR count). The number of benzene rings is 2. The van der Waals surface area contributed by atoms with Crippen molar-refractivity contribution in [1.29, 1.82) is 0 Å². The molecule has 10 atom stereocenters. The smallest absolute Gasteiger partial charge is 0.133 e. The van der Waals surface area contributed by atoms with Crippen molar-refractivity contribution in [1.82, 2.24) is 0 Å². The maximum Gasteiger partial charge on any atom is 0.203 e. The van der Waals surface area contributed by atoms with Gasteiger partial charge in [-0.15, -0.1) is 24.3 Å². The second-order valence-electron chi connectivity index (χ2n) is 15.8. The van der Waals surface area contributed by atoms with Crippen LogP contribution in [-0.4, -0.2) is 6.15 Å². The molecule has 5 aliphatic rings. The van der Waals surface area contributed by atoms with Gasteiger partial charge in [0.15, 0.2) is 0 Å². The molecule has 0 radical (unpaired) electrons. The van der Waals surface area contributed by atoms with E-state index in [0.29, 0.717) is 0 Å². The topological polar surface area (TPSA) is 0 Å². The van der Waals surface area contributed by atoms with Crippen LogP contribution in [0.15, 0.2) is 60.7 Å². The molecular weight excluding hydrogens is 479 g/mol. The molecule has 0 saturated heterocycles. The molecular formula is C39H55B. The summed E-state index contributed by atoms with van der Waals surface area (Å²) in [6.45, 7) is 11.1. The number of hydrogen-bond acceptors (Lipinski definition) is 0. The van der Waals surface area contributed by atoms with Crippen LogP contribution < -0.4 is 0 Å². The lowest BCUT2D eigenvalue weighted by Crippen LogP contribution is -2.54. The van der Waals surface area contributed by atoms with E-state index in [-0.39, 0.29) is 0 Å². The molecule has 5 fully saturated rings. The summed E-state index contributed by atoms with van der Waals surface area (Å²) in [5, 5.41) is 0. The van der Waals surface area contributed by atoms with Crippen molar-refractivity contribution in [2.75, 3.05) is 0 Å². The van der Waals surface area contributed by atoms with Crippen molar-refractivity contribution in [2.45, 2.75) is 127 Å². The molecule has 2 aromatic rings. The van der Waals surface area contributed by atoms with Crippen LogP contribution in [0.1, 0.15) is 120 Å². The molecule has 0 aromatic heterocycles. The number of fused-ring (bicyclic) bond motifs is 2. The molecule has 214 valence electrons. The normalized spacial score (nSPS) is 41.6. The van der Waals surface area contributed by atoms with Crippen LogP contribution in [0.5, 0.6) is 0 Å². The van der Waals surface area contributed by atoms with Gasteiger partial charge >= 0.3 is 0 Å². The second-order valence-corrected chi connectivity index (χ2v) is 15.8. The average molecular weight is 535 g/mol. The van der Waals surface area contributed by atoms with Crippen molar-refractivity contribution in [3.63, 3.8) is 0 Å². The second kappa shape index (κ2) is 11.2. The van der Waals surface area contributed by atoms with E-state index >= 15 is 0 Å².